The number of aryl methyl sites for hydroxylation is 1. The molecular weight excluding hydrogens is 362 g/mol. The van der Waals surface area contributed by atoms with Crippen molar-refractivity contribution in [1.29, 1.82) is 0 Å². The fourth-order valence-electron chi connectivity index (χ4n) is 2.68. The van der Waals surface area contributed by atoms with E-state index in [2.05, 4.69) is 21.0 Å². The smallest absolute Gasteiger partial charge is 0.240 e. The molecule has 1 aliphatic rings. The number of ether oxygens (including phenoxy) is 2. The van der Waals surface area contributed by atoms with Gasteiger partial charge in [-0.25, -0.2) is 0 Å². The molecule has 2 heterocycles. The Labute approximate surface area is 143 Å². The van der Waals surface area contributed by atoms with Gasteiger partial charge in [0.2, 0.25) is 11.8 Å². The Hall–Kier alpha value is -1.60. The van der Waals surface area contributed by atoms with Gasteiger partial charge in [0.25, 0.3) is 0 Å². The third-order valence-corrected chi connectivity index (χ3v) is 4.41. The fraction of sp³-hybridized carbons (Fsp3) is 0.500. The highest BCUT2D eigenvalue weighted by molar-refractivity contribution is 9.10. The summed E-state index contributed by atoms with van der Waals surface area (Å²) in [5.41, 5.74) is 1.02. The number of morpholine rings is 1. The number of nitrogens with zero attached hydrogens (tertiary/aromatic N) is 3. The summed E-state index contributed by atoms with van der Waals surface area (Å²) in [5, 5.41) is 5.37. The lowest BCUT2D eigenvalue weighted by atomic mass is 10.2. The van der Waals surface area contributed by atoms with Crippen molar-refractivity contribution in [2.24, 2.45) is 7.05 Å². The molecule has 3 rings (SSSR count). The lowest BCUT2D eigenvalue weighted by Crippen LogP contribution is -2.40. The molecule has 0 N–H and O–H groups in total. The predicted octanol–water partition coefficient (Wildman–Crippen LogP) is 2.35. The van der Waals surface area contributed by atoms with Crippen molar-refractivity contribution in [3.63, 3.8) is 0 Å². The van der Waals surface area contributed by atoms with Gasteiger partial charge in [0.1, 0.15) is 0 Å². The maximum atomic E-state index is 12.1. The summed E-state index contributed by atoms with van der Waals surface area (Å²) in [6, 6.07) is 5.98. The molecule has 0 atom stereocenters. The highest BCUT2D eigenvalue weighted by Crippen LogP contribution is 2.27. The van der Waals surface area contributed by atoms with Crippen LogP contribution < -0.4 is 4.74 Å². The van der Waals surface area contributed by atoms with Crippen LogP contribution in [-0.4, -0.2) is 53.5 Å². The van der Waals surface area contributed by atoms with Crippen LogP contribution in [-0.2, 0) is 16.6 Å². The number of hydrogen-bond donors (Lipinski definition) is 0. The van der Waals surface area contributed by atoms with Crippen LogP contribution in [0.2, 0.25) is 0 Å². The Morgan fingerprint density at radius 1 is 1.39 bits per heavy atom. The van der Waals surface area contributed by atoms with E-state index in [1.54, 1.807) is 4.68 Å². The number of amides is 1. The van der Waals surface area contributed by atoms with E-state index >= 15 is 0 Å². The zero-order valence-corrected chi connectivity index (χ0v) is 14.7. The minimum absolute atomic E-state index is 0.172. The third kappa shape index (κ3) is 3.84. The Bertz CT molecular complexity index is 695. The first-order valence-electron chi connectivity index (χ1n) is 7.76. The first-order valence-corrected chi connectivity index (χ1v) is 8.55. The Balaban J connectivity index is 1.53. The van der Waals surface area contributed by atoms with E-state index in [9.17, 15) is 4.79 Å². The molecule has 6 nitrogen and oxygen atoms in total. The first-order chi connectivity index (χ1) is 11.1. The molecule has 0 saturated carbocycles. The van der Waals surface area contributed by atoms with Crippen LogP contribution >= 0.6 is 15.9 Å². The summed E-state index contributed by atoms with van der Waals surface area (Å²) in [7, 11) is 1.89. The summed E-state index contributed by atoms with van der Waals surface area (Å²) >= 11 is 3.47. The number of benzene rings is 1. The average Bonchev–Trinajstić information content (AvgIpc) is 2.87. The summed E-state index contributed by atoms with van der Waals surface area (Å²) in [5.74, 6) is 0.785. The summed E-state index contributed by atoms with van der Waals surface area (Å²) in [6.45, 7) is 3.14. The quantitative estimate of drug-likeness (QED) is 0.745. The number of carbonyl (C=O) groups excluding carboxylic acids is 1. The summed E-state index contributed by atoms with van der Waals surface area (Å²) in [4.78, 5) is 13.9. The average molecular weight is 382 g/mol. The van der Waals surface area contributed by atoms with Gasteiger partial charge in [-0.1, -0.05) is 15.9 Å². The van der Waals surface area contributed by atoms with Gasteiger partial charge in [-0.2, -0.15) is 0 Å². The van der Waals surface area contributed by atoms with Gasteiger partial charge >= 0.3 is 0 Å². The first kappa shape index (κ1) is 16.3. The van der Waals surface area contributed by atoms with Gasteiger partial charge in [-0.15, -0.1) is 5.10 Å². The van der Waals surface area contributed by atoms with E-state index in [1.165, 1.54) is 0 Å². The van der Waals surface area contributed by atoms with Crippen molar-refractivity contribution in [2.75, 3.05) is 32.9 Å². The van der Waals surface area contributed by atoms with E-state index < -0.39 is 0 Å². The standard InChI is InChI=1S/C16H20BrN3O3/c1-19-14-5-4-12(17)11-13(14)16(18-19)23-8-2-3-15(21)20-6-9-22-10-7-20/h4-5,11H,2-3,6-10H2,1H3. The van der Waals surface area contributed by atoms with Gasteiger partial charge < -0.3 is 14.4 Å². The largest absolute Gasteiger partial charge is 0.476 e. The van der Waals surface area contributed by atoms with Crippen LogP contribution in [0.5, 0.6) is 5.88 Å². The molecule has 2 aromatic rings. The van der Waals surface area contributed by atoms with E-state index in [0.717, 1.165) is 15.4 Å². The number of halogens is 1. The van der Waals surface area contributed by atoms with Crippen LogP contribution in [0, 0.1) is 0 Å². The number of aromatic nitrogens is 2. The van der Waals surface area contributed by atoms with Crippen molar-refractivity contribution in [2.45, 2.75) is 12.8 Å². The topological polar surface area (TPSA) is 56.6 Å². The molecule has 0 radical (unpaired) electrons. The third-order valence-electron chi connectivity index (χ3n) is 3.92. The number of carbonyl (C=O) groups is 1. The van der Waals surface area contributed by atoms with Crippen molar-refractivity contribution < 1.29 is 14.3 Å². The maximum Gasteiger partial charge on any atom is 0.240 e. The van der Waals surface area contributed by atoms with Gasteiger partial charge in [-0.3, -0.25) is 9.48 Å². The maximum absolute atomic E-state index is 12.1. The predicted molar refractivity (Wildman–Crippen MR) is 90.5 cm³/mol. The van der Waals surface area contributed by atoms with Crippen LogP contribution in [0.1, 0.15) is 12.8 Å². The van der Waals surface area contributed by atoms with Crippen molar-refractivity contribution in [3.8, 4) is 5.88 Å². The Kier molecular flexibility index (Phi) is 5.17. The molecule has 7 heteroatoms. The van der Waals surface area contributed by atoms with E-state index in [0.29, 0.717) is 51.6 Å². The van der Waals surface area contributed by atoms with Crippen LogP contribution in [0.4, 0.5) is 0 Å². The van der Waals surface area contributed by atoms with Crippen LogP contribution in [0.3, 0.4) is 0 Å². The highest BCUT2D eigenvalue weighted by Gasteiger charge is 2.16. The Morgan fingerprint density at radius 3 is 2.96 bits per heavy atom. The molecule has 124 valence electrons. The number of rotatable bonds is 5. The molecule has 0 unspecified atom stereocenters. The molecule has 1 saturated heterocycles. The molecule has 1 fully saturated rings. The second-order valence-electron chi connectivity index (χ2n) is 5.54. The monoisotopic (exact) mass is 381 g/mol. The van der Waals surface area contributed by atoms with E-state index in [-0.39, 0.29) is 5.91 Å². The molecule has 1 amide bonds. The lowest BCUT2D eigenvalue weighted by molar-refractivity contribution is -0.135. The molecule has 0 bridgehead atoms. The summed E-state index contributed by atoms with van der Waals surface area (Å²) in [6.07, 6.45) is 1.18. The normalized spacial score (nSPS) is 15.1. The van der Waals surface area contributed by atoms with Crippen molar-refractivity contribution in [1.82, 2.24) is 14.7 Å². The minimum atomic E-state index is 0.172. The van der Waals surface area contributed by atoms with Gasteiger partial charge in [0.05, 0.1) is 30.7 Å². The molecule has 1 aliphatic heterocycles. The van der Waals surface area contributed by atoms with E-state index in [1.807, 2.05) is 30.1 Å². The molecule has 0 aliphatic carbocycles. The van der Waals surface area contributed by atoms with Gasteiger partial charge in [-0.05, 0) is 24.6 Å². The van der Waals surface area contributed by atoms with Crippen LogP contribution in [0.15, 0.2) is 22.7 Å². The molecule has 1 aromatic heterocycles. The zero-order chi connectivity index (χ0) is 16.2. The second-order valence-corrected chi connectivity index (χ2v) is 6.45. The Morgan fingerprint density at radius 2 is 2.17 bits per heavy atom. The number of hydrogen-bond acceptors (Lipinski definition) is 4. The number of fused-ring (bicyclic) bond motifs is 1. The van der Waals surface area contributed by atoms with Crippen molar-refractivity contribution in [3.05, 3.63) is 22.7 Å². The lowest BCUT2D eigenvalue weighted by Gasteiger charge is -2.26. The minimum Gasteiger partial charge on any atom is -0.476 e. The molecule has 1 aromatic carbocycles. The van der Waals surface area contributed by atoms with Gasteiger partial charge in [0.15, 0.2) is 0 Å². The van der Waals surface area contributed by atoms with Gasteiger partial charge in [0, 0.05) is 31.0 Å². The summed E-state index contributed by atoms with van der Waals surface area (Å²) < 4.78 is 13.8. The SMILES string of the molecule is Cn1nc(OCCCC(=O)N2CCOCC2)c2cc(Br)ccc21. The van der Waals surface area contributed by atoms with E-state index in [4.69, 9.17) is 9.47 Å². The molecular formula is C16H20BrN3O3. The van der Waals surface area contributed by atoms with Crippen molar-refractivity contribution >= 4 is 32.7 Å². The van der Waals surface area contributed by atoms with Crippen LogP contribution in [0.25, 0.3) is 10.9 Å². The second kappa shape index (κ2) is 7.31. The molecule has 23 heavy (non-hydrogen) atoms. The fourth-order valence-corrected chi connectivity index (χ4v) is 3.04. The zero-order valence-electron chi connectivity index (χ0n) is 13.1. The molecule has 0 spiro atoms. The highest BCUT2D eigenvalue weighted by atomic mass is 79.9.